The molecule has 0 bridgehead atoms. The van der Waals surface area contributed by atoms with Crippen molar-refractivity contribution in [2.24, 2.45) is 0 Å². The average Bonchev–Trinajstić information content (AvgIpc) is 3.31. The van der Waals surface area contributed by atoms with Gasteiger partial charge < -0.3 is 4.74 Å². The summed E-state index contributed by atoms with van der Waals surface area (Å²) in [4.78, 5) is 10.9. The van der Waals surface area contributed by atoms with Gasteiger partial charge >= 0.3 is 5.97 Å². The van der Waals surface area contributed by atoms with E-state index in [-0.39, 0.29) is 5.97 Å². The van der Waals surface area contributed by atoms with Crippen molar-refractivity contribution in [1.29, 1.82) is 0 Å². The van der Waals surface area contributed by atoms with Crippen LogP contribution in [0.1, 0.15) is 278 Å². The molecule has 0 aromatic rings. The molecule has 0 saturated carbocycles. The highest BCUT2D eigenvalue weighted by Gasteiger charge is 2.00. The first-order valence-electron chi connectivity index (χ1n) is 29.6. The molecule has 0 radical (unpaired) electrons. The minimum absolute atomic E-state index is 0.225. The van der Waals surface area contributed by atoms with Crippen LogP contribution in [0.25, 0.3) is 0 Å². The summed E-state index contributed by atoms with van der Waals surface area (Å²) in [5.74, 6) is -0.225. The third kappa shape index (κ3) is 47.5. The number of esters is 1. The van der Waals surface area contributed by atoms with Crippen molar-refractivity contribution >= 4 is 5.97 Å². The van der Waals surface area contributed by atoms with Crippen molar-refractivity contribution in [3.8, 4) is 0 Å². The van der Waals surface area contributed by atoms with E-state index in [1.807, 2.05) is 6.08 Å². The molecule has 2 nitrogen and oxygen atoms in total. The van der Waals surface area contributed by atoms with E-state index in [9.17, 15) is 4.79 Å². The Morgan fingerprint density at radius 1 is 0.216 bits per heavy atom. The van der Waals surface area contributed by atoms with Gasteiger partial charge in [-0.05, 0) is 277 Å². The third-order valence-corrected chi connectivity index (χ3v) is 14.2. The molecular formula is C72H116O2. The van der Waals surface area contributed by atoms with Crippen molar-refractivity contribution in [2.45, 2.75) is 278 Å². The smallest absolute Gasteiger partial charge is 0.302 e. The van der Waals surface area contributed by atoms with E-state index in [0.717, 1.165) is 109 Å². The van der Waals surface area contributed by atoms with E-state index in [4.69, 9.17) is 4.74 Å². The monoisotopic (exact) mass is 1010 g/mol. The largest absolute Gasteiger partial charge is 0.462 e. The number of hydrogen-bond acceptors (Lipinski definition) is 2. The summed E-state index contributed by atoms with van der Waals surface area (Å²) in [6, 6.07) is 0. The van der Waals surface area contributed by atoms with Crippen LogP contribution in [0.5, 0.6) is 0 Å². The number of hydrogen-bond donors (Lipinski definition) is 0. The molecule has 0 amide bonds. The van der Waals surface area contributed by atoms with Gasteiger partial charge in [-0.25, -0.2) is 0 Å². The normalized spacial score (nSPS) is 14.9. The molecule has 0 fully saturated rings. The second-order valence-electron chi connectivity index (χ2n) is 22.7. The molecule has 0 atom stereocenters. The molecule has 0 heterocycles. The van der Waals surface area contributed by atoms with E-state index in [1.54, 1.807) is 0 Å². The van der Waals surface area contributed by atoms with E-state index in [0.29, 0.717) is 6.61 Å². The fourth-order valence-electron chi connectivity index (χ4n) is 8.77. The second-order valence-corrected chi connectivity index (χ2v) is 22.7. The van der Waals surface area contributed by atoms with E-state index in [1.165, 1.54) is 143 Å². The Labute approximate surface area is 460 Å². The fraction of sp³-hybridized carbons (Fsp3) is 0.597. The summed E-state index contributed by atoms with van der Waals surface area (Å²) in [6.45, 7) is 35.9. The quantitative estimate of drug-likeness (QED) is 0.0451. The molecule has 0 aliphatic carbocycles. The number of rotatable bonds is 41. The van der Waals surface area contributed by atoms with Gasteiger partial charge in [0.1, 0.15) is 6.61 Å². The van der Waals surface area contributed by atoms with Crippen molar-refractivity contribution in [1.82, 2.24) is 0 Å². The van der Waals surface area contributed by atoms with Crippen LogP contribution in [0.2, 0.25) is 0 Å². The standard InChI is InChI=1S/C72H116O2/c1-58(2)30-17-31-59(3)32-18-33-60(4)34-19-35-61(5)36-20-37-62(6)38-21-39-63(7)40-22-41-64(8)42-23-43-65(9)44-24-45-66(10)46-25-47-67(11)48-26-49-68(12)50-27-51-69(13)52-28-53-70(14)54-29-55-71(15)56-57-74-72(16)73/h30,32,34,36,38,40,42,44,46,48,50,52,54,56H,17-29,31,33,35,37,39,41,43,45,47,49,51,53,55,57H2,1-16H3. The average molecular weight is 1010 g/mol. The molecule has 2 heteroatoms. The third-order valence-electron chi connectivity index (χ3n) is 14.2. The molecule has 0 aliphatic heterocycles. The highest BCUT2D eigenvalue weighted by Crippen LogP contribution is 2.20. The first-order chi connectivity index (χ1) is 35.2. The molecule has 0 aromatic carbocycles. The van der Waals surface area contributed by atoms with Gasteiger partial charge in [0.05, 0.1) is 0 Å². The Morgan fingerprint density at radius 3 is 0.486 bits per heavy atom. The molecule has 0 N–H and O–H groups in total. The van der Waals surface area contributed by atoms with Crippen molar-refractivity contribution in [3.05, 3.63) is 163 Å². The number of carbonyl (C=O) groups is 1. The second kappa shape index (κ2) is 46.2. The lowest BCUT2D eigenvalue weighted by Gasteiger charge is -2.04. The summed E-state index contributed by atoms with van der Waals surface area (Å²) in [5.41, 5.74) is 20.9. The van der Waals surface area contributed by atoms with Gasteiger partial charge in [-0.3, -0.25) is 4.79 Å². The SMILES string of the molecule is CC(=O)OCC=C(C)CCC=C(C)CCC=C(C)CCC=C(C)CCC=C(C)CCC=C(C)CCC=C(C)CCC=C(C)CCC=C(C)CCC=C(C)CCC=C(C)CCC=C(C)CCC=C(C)CCC=C(C)C. The van der Waals surface area contributed by atoms with Crippen LogP contribution in [0.3, 0.4) is 0 Å². The molecule has 0 unspecified atom stereocenters. The van der Waals surface area contributed by atoms with E-state index < -0.39 is 0 Å². The molecule has 0 rings (SSSR count). The predicted molar refractivity (Wildman–Crippen MR) is 335 cm³/mol. The highest BCUT2D eigenvalue weighted by molar-refractivity contribution is 5.66. The number of ether oxygens (including phenoxy) is 1. The van der Waals surface area contributed by atoms with Gasteiger partial charge in [0.15, 0.2) is 0 Å². The van der Waals surface area contributed by atoms with Gasteiger partial charge in [0.2, 0.25) is 0 Å². The first kappa shape index (κ1) is 69.8. The van der Waals surface area contributed by atoms with Gasteiger partial charge in [-0.2, -0.15) is 0 Å². The van der Waals surface area contributed by atoms with Crippen LogP contribution < -0.4 is 0 Å². The number of carbonyl (C=O) groups excluding carboxylic acids is 1. The lowest BCUT2D eigenvalue weighted by Crippen LogP contribution is -1.98. The van der Waals surface area contributed by atoms with E-state index in [2.05, 4.69) is 183 Å². The van der Waals surface area contributed by atoms with Crippen LogP contribution in [0, 0.1) is 0 Å². The topological polar surface area (TPSA) is 26.3 Å². The molecule has 416 valence electrons. The van der Waals surface area contributed by atoms with Crippen molar-refractivity contribution in [3.63, 3.8) is 0 Å². The fourth-order valence-corrected chi connectivity index (χ4v) is 8.77. The Morgan fingerprint density at radius 2 is 0.351 bits per heavy atom. The Bertz CT molecular complexity index is 2020. The Hall–Kier alpha value is -4.17. The van der Waals surface area contributed by atoms with Crippen LogP contribution in [0.4, 0.5) is 0 Å². The zero-order chi connectivity index (χ0) is 55.4. The molecule has 0 aliphatic rings. The summed E-state index contributed by atoms with van der Waals surface area (Å²) in [7, 11) is 0. The lowest BCUT2D eigenvalue weighted by atomic mass is 10.0. The van der Waals surface area contributed by atoms with Crippen LogP contribution >= 0.6 is 0 Å². The summed E-state index contributed by atoms with van der Waals surface area (Å²) in [5, 5.41) is 0. The van der Waals surface area contributed by atoms with Gasteiger partial charge in [-0.15, -0.1) is 0 Å². The first-order valence-corrected chi connectivity index (χ1v) is 29.6. The maximum absolute atomic E-state index is 10.9. The molecule has 74 heavy (non-hydrogen) atoms. The minimum Gasteiger partial charge on any atom is -0.462 e. The molecular weight excluding hydrogens is 897 g/mol. The maximum Gasteiger partial charge on any atom is 0.302 e. The zero-order valence-electron chi connectivity index (χ0n) is 51.5. The zero-order valence-corrected chi connectivity index (χ0v) is 51.5. The Kier molecular flexibility index (Phi) is 43.6. The van der Waals surface area contributed by atoms with Crippen LogP contribution in [0.15, 0.2) is 163 Å². The number of allylic oxidation sites excluding steroid dienone is 27. The maximum atomic E-state index is 10.9. The summed E-state index contributed by atoms with van der Waals surface area (Å²) in [6.07, 6.45) is 63.5. The van der Waals surface area contributed by atoms with Crippen molar-refractivity contribution < 1.29 is 9.53 Å². The summed E-state index contributed by atoms with van der Waals surface area (Å²) < 4.78 is 5.00. The molecule has 0 saturated heterocycles. The van der Waals surface area contributed by atoms with Gasteiger partial charge in [-0.1, -0.05) is 157 Å². The lowest BCUT2D eigenvalue weighted by molar-refractivity contribution is -0.139. The minimum atomic E-state index is -0.225. The van der Waals surface area contributed by atoms with Crippen LogP contribution in [-0.4, -0.2) is 12.6 Å². The Balaban J connectivity index is 4.31. The highest BCUT2D eigenvalue weighted by atomic mass is 16.5. The molecule has 0 aromatic heterocycles. The summed E-state index contributed by atoms with van der Waals surface area (Å²) >= 11 is 0. The molecule has 0 spiro atoms. The van der Waals surface area contributed by atoms with Gasteiger partial charge in [0.25, 0.3) is 0 Å². The van der Waals surface area contributed by atoms with Gasteiger partial charge in [0, 0.05) is 6.92 Å². The van der Waals surface area contributed by atoms with Crippen LogP contribution in [-0.2, 0) is 9.53 Å². The predicted octanol–water partition coefficient (Wildman–Crippen LogP) is 24.0. The van der Waals surface area contributed by atoms with E-state index >= 15 is 0 Å². The van der Waals surface area contributed by atoms with Crippen molar-refractivity contribution in [2.75, 3.05) is 6.61 Å².